The van der Waals surface area contributed by atoms with Crippen LogP contribution in [-0.4, -0.2) is 19.2 Å². The van der Waals surface area contributed by atoms with Gasteiger partial charge in [-0.3, -0.25) is 0 Å². The van der Waals surface area contributed by atoms with Gasteiger partial charge >= 0.3 is 11.6 Å². The quantitative estimate of drug-likeness (QED) is 0.0710. The van der Waals surface area contributed by atoms with Crippen LogP contribution in [0, 0.1) is 0 Å². The number of carbonyl (C=O) groups is 1. The molecule has 210 valence electrons. The van der Waals surface area contributed by atoms with E-state index in [2.05, 4.69) is 32.6 Å². The van der Waals surface area contributed by atoms with Crippen LogP contribution in [0.3, 0.4) is 0 Å². The molecule has 0 N–H and O–H groups in total. The van der Waals surface area contributed by atoms with Crippen LogP contribution in [0.4, 0.5) is 0 Å². The van der Waals surface area contributed by atoms with Gasteiger partial charge in [0.2, 0.25) is 0 Å². The maximum Gasteiger partial charge on any atom is 0.344 e. The van der Waals surface area contributed by atoms with E-state index in [9.17, 15) is 9.59 Å². The minimum Gasteiger partial charge on any atom is -0.493 e. The van der Waals surface area contributed by atoms with Gasteiger partial charge in [0.25, 0.3) is 0 Å². The van der Waals surface area contributed by atoms with Gasteiger partial charge in [0, 0.05) is 17.5 Å². The van der Waals surface area contributed by atoms with Crippen LogP contribution in [0.1, 0.15) is 89.2 Å². The lowest BCUT2D eigenvalue weighted by Gasteiger charge is -2.11. The lowest BCUT2D eigenvalue weighted by molar-refractivity contribution is -0.137. The topological polar surface area (TPSA) is 65.7 Å². The van der Waals surface area contributed by atoms with Gasteiger partial charge < -0.3 is 13.9 Å². The first-order valence-electron chi connectivity index (χ1n) is 14.7. The monoisotopic (exact) mass is 532 g/mol. The zero-order chi connectivity index (χ0) is 27.9. The Morgan fingerprint density at radius 1 is 0.795 bits per heavy atom. The number of hydrogen-bond donors (Lipinski definition) is 0. The highest BCUT2D eigenvalue weighted by atomic mass is 16.5. The van der Waals surface area contributed by atoms with Crippen molar-refractivity contribution >= 4 is 16.9 Å². The summed E-state index contributed by atoms with van der Waals surface area (Å²) in [6.45, 7) is 8.80. The van der Waals surface area contributed by atoms with Gasteiger partial charge in [-0.2, -0.15) is 0 Å². The van der Waals surface area contributed by atoms with Gasteiger partial charge in [-0.1, -0.05) is 90.0 Å². The molecule has 39 heavy (non-hydrogen) atoms. The van der Waals surface area contributed by atoms with Crippen molar-refractivity contribution in [3.63, 3.8) is 0 Å². The van der Waals surface area contributed by atoms with Crippen molar-refractivity contribution in [2.24, 2.45) is 0 Å². The van der Waals surface area contributed by atoms with Crippen LogP contribution < -0.4 is 10.4 Å². The highest BCUT2D eigenvalue weighted by Crippen LogP contribution is 2.28. The van der Waals surface area contributed by atoms with E-state index in [0.29, 0.717) is 24.4 Å². The number of benzene rings is 2. The number of esters is 1. The molecule has 1 aromatic heterocycles. The van der Waals surface area contributed by atoms with Gasteiger partial charge in [0.05, 0.1) is 18.8 Å². The molecule has 5 heteroatoms. The molecule has 2 aromatic carbocycles. The van der Waals surface area contributed by atoms with E-state index in [1.165, 1.54) is 55.7 Å². The molecule has 0 aliphatic carbocycles. The van der Waals surface area contributed by atoms with Crippen molar-refractivity contribution in [1.29, 1.82) is 0 Å². The fourth-order valence-electron chi connectivity index (χ4n) is 4.83. The number of hydrogen-bond acceptors (Lipinski definition) is 5. The first-order valence-corrected chi connectivity index (χ1v) is 14.7. The Morgan fingerprint density at radius 2 is 1.46 bits per heavy atom. The predicted octanol–water partition coefficient (Wildman–Crippen LogP) is 8.59. The first kappa shape index (κ1) is 30.2. The Hall–Kier alpha value is -3.34. The lowest BCUT2D eigenvalue weighted by atomic mass is 9.95. The normalized spacial score (nSPS) is 11.0. The summed E-state index contributed by atoms with van der Waals surface area (Å²) in [4.78, 5) is 23.8. The van der Waals surface area contributed by atoms with E-state index in [1.54, 1.807) is 0 Å². The summed E-state index contributed by atoms with van der Waals surface area (Å²) in [7, 11) is 0. The van der Waals surface area contributed by atoms with Gasteiger partial charge in [-0.25, -0.2) is 9.59 Å². The standard InChI is InChI=1S/C34H44O5/c1-4-26-17-20-30(27(5-2)23-26)31-24-28-18-19-29(25-32(28)39-34(31)36)37-21-15-13-11-9-7-8-10-12-14-16-22-38-33(35)6-3/h6,17-20,23-25H,3-5,7-16,21-22H2,1-2H3. The molecule has 0 spiro atoms. The Morgan fingerprint density at radius 3 is 2.10 bits per heavy atom. The summed E-state index contributed by atoms with van der Waals surface area (Å²) in [5, 5.41) is 0.898. The zero-order valence-corrected chi connectivity index (χ0v) is 23.8. The number of rotatable bonds is 18. The molecule has 5 nitrogen and oxygen atoms in total. The molecule has 3 rings (SSSR count). The summed E-state index contributed by atoms with van der Waals surface area (Å²) >= 11 is 0. The third-order valence-corrected chi connectivity index (χ3v) is 7.17. The van der Waals surface area contributed by atoms with Gasteiger partial charge in [0.15, 0.2) is 0 Å². The molecule has 0 aliphatic heterocycles. The second-order valence-electron chi connectivity index (χ2n) is 10.1. The molecular weight excluding hydrogens is 488 g/mol. The fourth-order valence-corrected chi connectivity index (χ4v) is 4.83. The molecule has 0 bridgehead atoms. The van der Waals surface area contributed by atoms with E-state index >= 15 is 0 Å². The van der Waals surface area contributed by atoms with E-state index < -0.39 is 0 Å². The van der Waals surface area contributed by atoms with Gasteiger partial charge in [-0.05, 0) is 60.6 Å². The van der Waals surface area contributed by atoms with Crippen molar-refractivity contribution in [1.82, 2.24) is 0 Å². The molecule has 0 amide bonds. The molecule has 0 atom stereocenters. The van der Waals surface area contributed by atoms with Crippen LogP contribution in [0.2, 0.25) is 0 Å². The number of carbonyl (C=O) groups excluding carboxylic acids is 1. The fraction of sp³-hybridized carbons (Fsp3) is 0.471. The minimum atomic E-state index is -0.334. The first-order chi connectivity index (χ1) is 19.0. The van der Waals surface area contributed by atoms with Crippen molar-refractivity contribution in [3.8, 4) is 16.9 Å². The SMILES string of the molecule is C=CC(=O)OCCCCCCCCCCCCOc1ccc2cc(-c3ccc(CC)cc3CC)c(=O)oc2c1. The number of fused-ring (bicyclic) bond motifs is 1. The number of aryl methyl sites for hydroxylation is 2. The second kappa shape index (κ2) is 16.6. The molecule has 0 fully saturated rings. The largest absolute Gasteiger partial charge is 0.493 e. The summed E-state index contributed by atoms with van der Waals surface area (Å²) in [6, 6.07) is 14.0. The van der Waals surface area contributed by atoms with E-state index in [0.717, 1.165) is 55.2 Å². The molecule has 0 saturated carbocycles. The summed E-state index contributed by atoms with van der Waals surface area (Å²) in [5.74, 6) is 0.401. The average Bonchev–Trinajstić information content (AvgIpc) is 2.96. The number of unbranched alkanes of at least 4 members (excludes halogenated alkanes) is 9. The number of ether oxygens (including phenoxy) is 2. The third kappa shape index (κ3) is 9.72. The Bertz CT molecular complexity index is 1260. The zero-order valence-electron chi connectivity index (χ0n) is 23.8. The molecule has 0 saturated heterocycles. The summed E-state index contributed by atoms with van der Waals surface area (Å²) in [6.07, 6.45) is 14.7. The van der Waals surface area contributed by atoms with Crippen LogP contribution in [0.5, 0.6) is 5.75 Å². The van der Waals surface area contributed by atoms with Crippen LogP contribution in [0.15, 0.2) is 64.3 Å². The molecule has 0 aliphatic rings. The summed E-state index contributed by atoms with van der Waals surface area (Å²) < 4.78 is 16.6. The lowest BCUT2D eigenvalue weighted by Crippen LogP contribution is -2.05. The van der Waals surface area contributed by atoms with Gasteiger partial charge in [-0.15, -0.1) is 0 Å². The molecule has 0 radical (unpaired) electrons. The van der Waals surface area contributed by atoms with Crippen LogP contribution in [-0.2, 0) is 22.4 Å². The average molecular weight is 533 g/mol. The Kier molecular flexibility index (Phi) is 12.8. The van der Waals surface area contributed by atoms with E-state index in [-0.39, 0.29) is 11.6 Å². The van der Waals surface area contributed by atoms with Crippen molar-refractivity contribution in [3.05, 3.63) is 76.7 Å². The Balaban J connectivity index is 1.35. The van der Waals surface area contributed by atoms with E-state index in [4.69, 9.17) is 13.9 Å². The summed E-state index contributed by atoms with van der Waals surface area (Å²) in [5.41, 5.74) is 4.25. The molecular formula is C34H44O5. The maximum atomic E-state index is 12.9. The van der Waals surface area contributed by atoms with Gasteiger partial charge in [0.1, 0.15) is 11.3 Å². The Labute approximate surface area is 233 Å². The van der Waals surface area contributed by atoms with Crippen molar-refractivity contribution < 1.29 is 18.7 Å². The van der Waals surface area contributed by atoms with Crippen LogP contribution in [0.25, 0.3) is 22.1 Å². The third-order valence-electron chi connectivity index (χ3n) is 7.17. The van der Waals surface area contributed by atoms with Crippen molar-refractivity contribution in [2.45, 2.75) is 90.9 Å². The maximum absolute atomic E-state index is 12.9. The smallest absolute Gasteiger partial charge is 0.344 e. The highest BCUT2D eigenvalue weighted by Gasteiger charge is 2.12. The molecule has 0 unspecified atom stereocenters. The molecule has 1 heterocycles. The van der Waals surface area contributed by atoms with Crippen molar-refractivity contribution in [2.75, 3.05) is 13.2 Å². The predicted molar refractivity (Wildman–Crippen MR) is 159 cm³/mol. The minimum absolute atomic E-state index is 0.312. The van der Waals surface area contributed by atoms with E-state index in [1.807, 2.05) is 30.3 Å². The second-order valence-corrected chi connectivity index (χ2v) is 10.1. The van der Waals surface area contributed by atoms with Crippen LogP contribution >= 0.6 is 0 Å². The highest BCUT2D eigenvalue weighted by molar-refractivity contribution is 5.83. The molecule has 3 aromatic rings.